The molecule has 0 aliphatic carbocycles. The van der Waals surface area contributed by atoms with Gasteiger partial charge in [-0.1, -0.05) is 0 Å². The molecule has 3 rings (SSSR count). The van der Waals surface area contributed by atoms with E-state index in [0.717, 1.165) is 29.1 Å². The zero-order valence-electron chi connectivity index (χ0n) is 12.0. The van der Waals surface area contributed by atoms with Gasteiger partial charge in [-0.3, -0.25) is 9.78 Å². The van der Waals surface area contributed by atoms with Gasteiger partial charge in [0.15, 0.2) is 5.65 Å². The van der Waals surface area contributed by atoms with E-state index in [1.54, 1.807) is 12.5 Å². The minimum absolute atomic E-state index is 0.751. The SMILES string of the molecule is Cc1nn(C)c(C)c1CN(C)c1ncnc2[nH]ncc12. The predicted octanol–water partition coefficient (Wildman–Crippen LogP) is 1.34. The van der Waals surface area contributed by atoms with Gasteiger partial charge in [0.25, 0.3) is 0 Å². The number of aryl methyl sites for hydroxylation is 2. The summed E-state index contributed by atoms with van der Waals surface area (Å²) in [4.78, 5) is 10.6. The molecule has 104 valence electrons. The molecule has 0 aromatic carbocycles. The maximum atomic E-state index is 4.45. The summed E-state index contributed by atoms with van der Waals surface area (Å²) in [5.74, 6) is 0.867. The van der Waals surface area contributed by atoms with Gasteiger partial charge in [-0.05, 0) is 13.8 Å². The molecule has 0 amide bonds. The third-order valence-corrected chi connectivity index (χ3v) is 3.64. The van der Waals surface area contributed by atoms with Gasteiger partial charge < -0.3 is 4.90 Å². The van der Waals surface area contributed by atoms with Crippen LogP contribution in [0.3, 0.4) is 0 Å². The molecular weight excluding hydrogens is 254 g/mol. The molecule has 0 spiro atoms. The van der Waals surface area contributed by atoms with E-state index in [1.165, 1.54) is 11.3 Å². The van der Waals surface area contributed by atoms with Gasteiger partial charge >= 0.3 is 0 Å². The van der Waals surface area contributed by atoms with Crippen molar-refractivity contribution in [2.45, 2.75) is 20.4 Å². The summed E-state index contributed by atoms with van der Waals surface area (Å²) in [5, 5.41) is 12.3. The molecule has 0 aliphatic rings. The molecule has 0 atom stereocenters. The lowest BCUT2D eigenvalue weighted by Crippen LogP contribution is -2.19. The number of hydrogen-bond acceptors (Lipinski definition) is 5. The third-order valence-electron chi connectivity index (χ3n) is 3.64. The van der Waals surface area contributed by atoms with E-state index < -0.39 is 0 Å². The Balaban J connectivity index is 1.97. The highest BCUT2D eigenvalue weighted by atomic mass is 15.3. The van der Waals surface area contributed by atoms with Gasteiger partial charge in [0.1, 0.15) is 12.1 Å². The number of H-pyrrole nitrogens is 1. The van der Waals surface area contributed by atoms with Crippen LogP contribution in [0.2, 0.25) is 0 Å². The maximum Gasteiger partial charge on any atom is 0.160 e. The Morgan fingerprint density at radius 1 is 1.30 bits per heavy atom. The number of fused-ring (bicyclic) bond motifs is 1. The lowest BCUT2D eigenvalue weighted by atomic mass is 10.2. The van der Waals surface area contributed by atoms with Crippen molar-refractivity contribution in [3.63, 3.8) is 0 Å². The minimum Gasteiger partial charge on any atom is -0.354 e. The number of nitrogens with zero attached hydrogens (tertiary/aromatic N) is 6. The van der Waals surface area contributed by atoms with Crippen molar-refractivity contribution in [3.8, 4) is 0 Å². The van der Waals surface area contributed by atoms with Crippen LogP contribution in [0.4, 0.5) is 5.82 Å². The highest BCUT2D eigenvalue weighted by Gasteiger charge is 2.15. The number of aromatic amines is 1. The van der Waals surface area contributed by atoms with E-state index in [-0.39, 0.29) is 0 Å². The lowest BCUT2D eigenvalue weighted by Gasteiger charge is -2.18. The second-order valence-corrected chi connectivity index (χ2v) is 4.96. The van der Waals surface area contributed by atoms with E-state index in [9.17, 15) is 0 Å². The largest absolute Gasteiger partial charge is 0.354 e. The summed E-state index contributed by atoms with van der Waals surface area (Å²) < 4.78 is 1.91. The summed E-state index contributed by atoms with van der Waals surface area (Å²) in [6.45, 7) is 4.86. The van der Waals surface area contributed by atoms with Crippen LogP contribution < -0.4 is 4.90 Å². The Bertz CT molecular complexity index is 755. The van der Waals surface area contributed by atoms with E-state index in [0.29, 0.717) is 0 Å². The second kappa shape index (κ2) is 4.59. The molecule has 0 aliphatic heterocycles. The van der Waals surface area contributed by atoms with Gasteiger partial charge in [0.05, 0.1) is 17.3 Å². The molecule has 0 bridgehead atoms. The third kappa shape index (κ3) is 1.91. The molecule has 3 aromatic heterocycles. The Hall–Kier alpha value is -2.44. The second-order valence-electron chi connectivity index (χ2n) is 4.96. The summed E-state index contributed by atoms with van der Waals surface area (Å²) >= 11 is 0. The fraction of sp³-hybridized carbons (Fsp3) is 0.385. The smallest absolute Gasteiger partial charge is 0.160 e. The highest BCUT2D eigenvalue weighted by Crippen LogP contribution is 2.23. The van der Waals surface area contributed by atoms with Crippen molar-refractivity contribution in [2.75, 3.05) is 11.9 Å². The number of nitrogens with one attached hydrogen (secondary N) is 1. The lowest BCUT2D eigenvalue weighted by molar-refractivity contribution is 0.729. The van der Waals surface area contributed by atoms with E-state index in [1.807, 2.05) is 25.7 Å². The number of rotatable bonds is 3. The molecule has 3 aromatic rings. The van der Waals surface area contributed by atoms with E-state index in [4.69, 9.17) is 0 Å². The number of anilines is 1. The Morgan fingerprint density at radius 2 is 2.10 bits per heavy atom. The van der Waals surface area contributed by atoms with Crippen molar-refractivity contribution in [1.29, 1.82) is 0 Å². The standard InChI is InChI=1S/C13H17N7/c1-8-11(9(2)20(4)18-8)6-19(3)13-10-5-16-17-12(10)14-7-15-13/h5,7H,6H2,1-4H3,(H,14,15,16,17). The first-order chi connectivity index (χ1) is 9.58. The van der Waals surface area contributed by atoms with Crippen molar-refractivity contribution < 1.29 is 0 Å². The van der Waals surface area contributed by atoms with Gasteiger partial charge in [0.2, 0.25) is 0 Å². The van der Waals surface area contributed by atoms with Crippen LogP contribution in [0.25, 0.3) is 11.0 Å². The molecule has 1 N–H and O–H groups in total. The van der Waals surface area contributed by atoms with Gasteiger partial charge in [-0.2, -0.15) is 10.2 Å². The molecule has 0 fully saturated rings. The summed E-state index contributed by atoms with van der Waals surface area (Å²) in [5.41, 5.74) is 4.20. The molecule has 20 heavy (non-hydrogen) atoms. The highest BCUT2D eigenvalue weighted by molar-refractivity contribution is 5.85. The van der Waals surface area contributed by atoms with Crippen LogP contribution in [0.15, 0.2) is 12.5 Å². The van der Waals surface area contributed by atoms with Crippen molar-refractivity contribution in [1.82, 2.24) is 29.9 Å². The van der Waals surface area contributed by atoms with E-state index >= 15 is 0 Å². The van der Waals surface area contributed by atoms with Crippen LogP contribution in [-0.4, -0.2) is 37.0 Å². The Morgan fingerprint density at radius 3 is 2.80 bits per heavy atom. The zero-order chi connectivity index (χ0) is 14.3. The average molecular weight is 271 g/mol. The molecule has 3 heterocycles. The summed E-state index contributed by atoms with van der Waals surface area (Å²) in [6.07, 6.45) is 3.30. The number of aromatic nitrogens is 6. The fourth-order valence-electron chi connectivity index (χ4n) is 2.41. The molecule has 0 unspecified atom stereocenters. The van der Waals surface area contributed by atoms with Gasteiger partial charge in [-0.25, -0.2) is 9.97 Å². The average Bonchev–Trinajstić information content (AvgIpc) is 2.99. The minimum atomic E-state index is 0.751. The molecular formula is C13H17N7. The zero-order valence-corrected chi connectivity index (χ0v) is 12.0. The summed E-state index contributed by atoms with van der Waals surface area (Å²) in [7, 11) is 3.98. The molecule has 7 nitrogen and oxygen atoms in total. The quantitative estimate of drug-likeness (QED) is 0.778. The fourth-order valence-corrected chi connectivity index (χ4v) is 2.41. The Labute approximate surface area is 116 Å². The Kier molecular flexibility index (Phi) is 2.89. The molecule has 7 heteroatoms. The van der Waals surface area contributed by atoms with Crippen LogP contribution in [-0.2, 0) is 13.6 Å². The first-order valence-corrected chi connectivity index (χ1v) is 6.42. The van der Waals surface area contributed by atoms with Crippen LogP contribution in [0.1, 0.15) is 17.0 Å². The number of hydrogen-bond donors (Lipinski definition) is 1. The predicted molar refractivity (Wildman–Crippen MR) is 76.5 cm³/mol. The molecule has 0 saturated heterocycles. The maximum absolute atomic E-state index is 4.45. The van der Waals surface area contributed by atoms with Crippen LogP contribution in [0.5, 0.6) is 0 Å². The normalized spacial score (nSPS) is 11.2. The van der Waals surface area contributed by atoms with Gasteiger partial charge in [-0.15, -0.1) is 0 Å². The van der Waals surface area contributed by atoms with Crippen LogP contribution in [0, 0.1) is 13.8 Å². The first-order valence-electron chi connectivity index (χ1n) is 6.42. The van der Waals surface area contributed by atoms with Crippen molar-refractivity contribution in [2.24, 2.45) is 7.05 Å². The summed E-state index contributed by atoms with van der Waals surface area (Å²) in [6, 6.07) is 0. The first kappa shape index (κ1) is 12.6. The topological polar surface area (TPSA) is 75.5 Å². The molecule has 0 saturated carbocycles. The van der Waals surface area contributed by atoms with Crippen molar-refractivity contribution in [3.05, 3.63) is 29.5 Å². The van der Waals surface area contributed by atoms with Gasteiger partial charge in [0, 0.05) is 31.9 Å². The monoisotopic (exact) mass is 271 g/mol. The van der Waals surface area contributed by atoms with E-state index in [2.05, 4.69) is 37.1 Å². The van der Waals surface area contributed by atoms with Crippen LogP contribution >= 0.6 is 0 Å². The van der Waals surface area contributed by atoms with Crippen molar-refractivity contribution >= 4 is 16.9 Å². The molecule has 0 radical (unpaired) electrons.